The lowest BCUT2D eigenvalue weighted by atomic mass is 10.0. The highest BCUT2D eigenvalue weighted by Gasteiger charge is 2.11. The summed E-state index contributed by atoms with van der Waals surface area (Å²) in [6, 6.07) is 4.97. The second-order valence-corrected chi connectivity index (χ2v) is 5.45. The highest BCUT2D eigenvalue weighted by molar-refractivity contribution is 9.10. The molecule has 0 bridgehead atoms. The monoisotopic (exact) mass is 342 g/mol. The topological polar surface area (TPSA) is 73.1 Å². The number of hydrogen-bond donors (Lipinski definition) is 2. The highest BCUT2D eigenvalue weighted by Crippen LogP contribution is 2.26. The average molecular weight is 343 g/mol. The number of nitrogens with zero attached hydrogens (tertiary/aromatic N) is 1. The van der Waals surface area contributed by atoms with E-state index in [1.165, 1.54) is 6.07 Å². The van der Waals surface area contributed by atoms with Crippen molar-refractivity contribution >= 4 is 27.6 Å². The molecule has 0 heterocycles. The Balaban J connectivity index is 2.49. The van der Waals surface area contributed by atoms with Crippen LogP contribution in [-0.4, -0.2) is 17.6 Å². The number of nitrogens with one attached hydrogen (secondary N) is 1. The number of carboxylic acid groups (broad SMARTS) is 1. The van der Waals surface area contributed by atoms with Crippen LogP contribution in [0, 0.1) is 23.1 Å². The number of aliphatic carboxylic acids is 1. The summed E-state index contributed by atoms with van der Waals surface area (Å²) in [7, 11) is 0. The maximum atomic E-state index is 13.9. The minimum atomic E-state index is -0.799. The zero-order valence-corrected chi connectivity index (χ0v) is 12.7. The molecule has 0 radical (unpaired) electrons. The van der Waals surface area contributed by atoms with E-state index in [0.717, 1.165) is 6.42 Å². The van der Waals surface area contributed by atoms with Gasteiger partial charge in [0.05, 0.1) is 15.7 Å². The third-order valence-electron chi connectivity index (χ3n) is 3.01. The predicted molar refractivity (Wildman–Crippen MR) is 78.0 cm³/mol. The first-order valence-electron chi connectivity index (χ1n) is 6.29. The van der Waals surface area contributed by atoms with Crippen LogP contribution in [0.5, 0.6) is 0 Å². The number of carboxylic acids is 1. The van der Waals surface area contributed by atoms with Crippen molar-refractivity contribution < 1.29 is 14.3 Å². The summed E-state index contributed by atoms with van der Waals surface area (Å²) in [4.78, 5) is 10.4. The lowest BCUT2D eigenvalue weighted by Gasteiger charge is -2.13. The van der Waals surface area contributed by atoms with Crippen molar-refractivity contribution in [2.75, 3.05) is 11.9 Å². The van der Waals surface area contributed by atoms with Crippen LogP contribution in [0.2, 0.25) is 0 Å². The number of hydrogen-bond acceptors (Lipinski definition) is 3. The van der Waals surface area contributed by atoms with Gasteiger partial charge in [0.1, 0.15) is 6.07 Å². The Hall–Kier alpha value is -1.61. The maximum absolute atomic E-state index is 13.9. The lowest BCUT2D eigenvalue weighted by molar-refractivity contribution is -0.137. The molecule has 1 aromatic carbocycles. The molecule has 0 saturated carbocycles. The highest BCUT2D eigenvalue weighted by atomic mass is 79.9. The van der Waals surface area contributed by atoms with E-state index < -0.39 is 11.8 Å². The minimum absolute atomic E-state index is 0.151. The number of anilines is 1. The first-order valence-corrected chi connectivity index (χ1v) is 7.08. The first kappa shape index (κ1) is 16.4. The van der Waals surface area contributed by atoms with Gasteiger partial charge in [-0.2, -0.15) is 5.26 Å². The lowest BCUT2D eigenvalue weighted by Crippen LogP contribution is -2.09. The molecule has 1 aromatic rings. The molecule has 1 rings (SSSR count). The summed E-state index contributed by atoms with van der Waals surface area (Å²) < 4.78 is 14.0. The Kier molecular flexibility index (Phi) is 6.46. The second-order valence-electron chi connectivity index (χ2n) is 4.65. The molecule has 0 fully saturated rings. The van der Waals surface area contributed by atoms with Gasteiger partial charge in [-0.25, -0.2) is 4.39 Å². The van der Waals surface area contributed by atoms with Gasteiger partial charge in [-0.05, 0) is 46.8 Å². The van der Waals surface area contributed by atoms with Gasteiger partial charge in [0.2, 0.25) is 0 Å². The van der Waals surface area contributed by atoms with Crippen LogP contribution < -0.4 is 5.32 Å². The molecule has 0 aromatic heterocycles. The smallest absolute Gasteiger partial charge is 0.303 e. The molecule has 0 saturated heterocycles. The summed E-state index contributed by atoms with van der Waals surface area (Å²) in [5.74, 6) is -1.03. The van der Waals surface area contributed by atoms with Gasteiger partial charge in [0, 0.05) is 13.0 Å². The van der Waals surface area contributed by atoms with Crippen LogP contribution in [0.3, 0.4) is 0 Å². The van der Waals surface area contributed by atoms with E-state index in [-0.39, 0.29) is 22.4 Å². The predicted octanol–water partition coefficient (Wildman–Crippen LogP) is 3.76. The van der Waals surface area contributed by atoms with Crippen molar-refractivity contribution in [3.8, 4) is 6.07 Å². The molecule has 0 aliphatic heterocycles. The number of nitriles is 1. The number of carbonyl (C=O) groups is 1. The van der Waals surface area contributed by atoms with Crippen molar-refractivity contribution in [3.05, 3.63) is 28.0 Å². The van der Waals surface area contributed by atoms with E-state index >= 15 is 0 Å². The van der Waals surface area contributed by atoms with E-state index in [1.807, 2.05) is 13.0 Å². The quantitative estimate of drug-likeness (QED) is 0.791. The molecule has 1 atom stereocenters. The number of benzene rings is 1. The van der Waals surface area contributed by atoms with Gasteiger partial charge in [-0.15, -0.1) is 0 Å². The van der Waals surface area contributed by atoms with Crippen LogP contribution in [0.25, 0.3) is 0 Å². The molecule has 0 spiro atoms. The van der Waals surface area contributed by atoms with Gasteiger partial charge < -0.3 is 10.4 Å². The Labute approximate surface area is 125 Å². The first-order chi connectivity index (χ1) is 9.45. The Morgan fingerprint density at radius 3 is 2.85 bits per heavy atom. The van der Waals surface area contributed by atoms with Crippen molar-refractivity contribution in [1.29, 1.82) is 5.26 Å². The molecule has 0 aliphatic rings. The van der Waals surface area contributed by atoms with E-state index in [0.29, 0.717) is 18.7 Å². The van der Waals surface area contributed by atoms with Crippen molar-refractivity contribution in [3.63, 3.8) is 0 Å². The van der Waals surface area contributed by atoms with Gasteiger partial charge in [0.25, 0.3) is 0 Å². The number of rotatable bonds is 7. The van der Waals surface area contributed by atoms with Crippen LogP contribution >= 0.6 is 15.9 Å². The Morgan fingerprint density at radius 1 is 1.55 bits per heavy atom. The van der Waals surface area contributed by atoms with Crippen LogP contribution in [-0.2, 0) is 4.79 Å². The maximum Gasteiger partial charge on any atom is 0.303 e. The molecular formula is C14H16BrFN2O2. The van der Waals surface area contributed by atoms with Crippen molar-refractivity contribution in [2.24, 2.45) is 5.92 Å². The standard InChI is InChI=1S/C14H16BrFN2O2/c1-9(2-5-12(19)20)6-7-18-11-4-3-10(8-17)13(15)14(11)16/h3-4,9,18H,2,5-7H2,1H3,(H,19,20). The summed E-state index contributed by atoms with van der Waals surface area (Å²) in [6.45, 7) is 2.52. The largest absolute Gasteiger partial charge is 0.481 e. The molecule has 20 heavy (non-hydrogen) atoms. The normalized spacial score (nSPS) is 11.7. The molecule has 6 heteroatoms. The van der Waals surface area contributed by atoms with E-state index in [2.05, 4.69) is 21.2 Å². The summed E-state index contributed by atoms with van der Waals surface area (Å²) in [6.07, 6.45) is 1.51. The summed E-state index contributed by atoms with van der Waals surface area (Å²) in [5, 5.41) is 20.3. The minimum Gasteiger partial charge on any atom is -0.481 e. The average Bonchev–Trinajstić information content (AvgIpc) is 2.41. The van der Waals surface area contributed by atoms with Gasteiger partial charge in [-0.1, -0.05) is 6.92 Å². The van der Waals surface area contributed by atoms with E-state index in [1.54, 1.807) is 6.07 Å². The van der Waals surface area contributed by atoms with Crippen molar-refractivity contribution in [1.82, 2.24) is 0 Å². The number of halogens is 2. The van der Waals surface area contributed by atoms with E-state index in [4.69, 9.17) is 10.4 Å². The fourth-order valence-electron chi connectivity index (χ4n) is 1.74. The fourth-order valence-corrected chi connectivity index (χ4v) is 2.17. The van der Waals surface area contributed by atoms with Gasteiger partial charge in [0.15, 0.2) is 5.82 Å². The Bertz CT molecular complexity index is 529. The van der Waals surface area contributed by atoms with Crippen LogP contribution in [0.1, 0.15) is 31.7 Å². The third-order valence-corrected chi connectivity index (χ3v) is 3.78. The second kappa shape index (κ2) is 7.85. The summed E-state index contributed by atoms with van der Waals surface area (Å²) in [5.41, 5.74) is 0.587. The Morgan fingerprint density at radius 2 is 2.25 bits per heavy atom. The molecule has 0 aliphatic carbocycles. The van der Waals surface area contributed by atoms with Gasteiger partial charge in [-0.3, -0.25) is 4.79 Å². The molecule has 108 valence electrons. The molecule has 1 unspecified atom stereocenters. The molecular weight excluding hydrogens is 327 g/mol. The molecule has 4 nitrogen and oxygen atoms in total. The van der Waals surface area contributed by atoms with E-state index in [9.17, 15) is 9.18 Å². The van der Waals surface area contributed by atoms with Crippen molar-refractivity contribution in [2.45, 2.75) is 26.2 Å². The molecule has 0 amide bonds. The molecule has 2 N–H and O–H groups in total. The van der Waals surface area contributed by atoms with Crippen LogP contribution in [0.15, 0.2) is 16.6 Å². The zero-order chi connectivity index (χ0) is 15.1. The zero-order valence-electron chi connectivity index (χ0n) is 11.1. The fraction of sp³-hybridized carbons (Fsp3) is 0.429. The van der Waals surface area contributed by atoms with Gasteiger partial charge >= 0.3 is 5.97 Å². The SMILES string of the molecule is CC(CCNc1ccc(C#N)c(Br)c1F)CCC(=O)O. The summed E-state index contributed by atoms with van der Waals surface area (Å²) >= 11 is 3.05. The third kappa shape index (κ3) is 4.82. The van der Waals surface area contributed by atoms with Crippen LogP contribution in [0.4, 0.5) is 10.1 Å².